The van der Waals surface area contributed by atoms with Crippen molar-refractivity contribution in [2.75, 3.05) is 0 Å². The summed E-state index contributed by atoms with van der Waals surface area (Å²) in [6.07, 6.45) is 6.68. The van der Waals surface area contributed by atoms with E-state index in [1.807, 2.05) is 0 Å². The molecule has 0 unspecified atom stereocenters. The molecule has 0 aliphatic heterocycles. The molecule has 0 fully saturated rings. The summed E-state index contributed by atoms with van der Waals surface area (Å²) in [5.41, 5.74) is 0.769. The zero-order valence-corrected chi connectivity index (χ0v) is 8.92. The van der Waals surface area contributed by atoms with Crippen LogP contribution in [0.15, 0.2) is 30.7 Å². The van der Waals surface area contributed by atoms with Gasteiger partial charge in [-0.15, -0.1) is 0 Å². The lowest BCUT2D eigenvalue weighted by Crippen LogP contribution is -1.80. The van der Waals surface area contributed by atoms with Gasteiger partial charge < -0.3 is 0 Å². The van der Waals surface area contributed by atoms with E-state index in [0.29, 0.717) is 0 Å². The van der Waals surface area contributed by atoms with Crippen molar-refractivity contribution < 1.29 is 4.92 Å². The van der Waals surface area contributed by atoms with Crippen molar-refractivity contribution in [2.45, 2.75) is 0 Å². The Morgan fingerprint density at radius 2 is 2.19 bits per heavy atom. The zero-order valence-electron chi connectivity index (χ0n) is 8.11. The Balaban J connectivity index is 2.15. The fraction of sp³-hybridized carbons (Fsp3) is 0. The molecular weight excluding hydrogens is 226 g/mol. The summed E-state index contributed by atoms with van der Waals surface area (Å²) in [7, 11) is 0. The maximum absolute atomic E-state index is 10.5. The van der Waals surface area contributed by atoms with E-state index >= 15 is 0 Å². The second-order valence-electron chi connectivity index (χ2n) is 2.90. The van der Waals surface area contributed by atoms with Gasteiger partial charge in [0.2, 0.25) is 0 Å². The lowest BCUT2D eigenvalue weighted by Gasteiger charge is -1.88. The van der Waals surface area contributed by atoms with Gasteiger partial charge >= 0.3 is 5.00 Å². The molecular formula is C10H7N3O2S. The SMILES string of the molecule is O=[N+]([O-])c1ccc(C=Cc2ccncn2)s1. The highest BCUT2D eigenvalue weighted by molar-refractivity contribution is 7.16. The molecule has 0 atom stereocenters. The van der Waals surface area contributed by atoms with Crippen LogP contribution < -0.4 is 0 Å². The zero-order chi connectivity index (χ0) is 11.4. The third-order valence-corrected chi connectivity index (χ3v) is 2.82. The topological polar surface area (TPSA) is 68.9 Å². The number of aromatic nitrogens is 2. The van der Waals surface area contributed by atoms with Gasteiger partial charge in [-0.05, 0) is 24.3 Å². The molecule has 2 heterocycles. The Hall–Kier alpha value is -2.08. The van der Waals surface area contributed by atoms with Gasteiger partial charge in [-0.2, -0.15) is 0 Å². The van der Waals surface area contributed by atoms with Gasteiger partial charge in [-0.1, -0.05) is 11.3 Å². The Morgan fingerprint density at radius 1 is 1.31 bits per heavy atom. The van der Waals surface area contributed by atoms with E-state index in [9.17, 15) is 10.1 Å². The predicted molar refractivity (Wildman–Crippen MR) is 61.9 cm³/mol. The van der Waals surface area contributed by atoms with Crippen molar-refractivity contribution in [3.8, 4) is 0 Å². The summed E-state index contributed by atoms with van der Waals surface area (Å²) in [6.45, 7) is 0. The van der Waals surface area contributed by atoms with Crippen LogP contribution in [-0.4, -0.2) is 14.9 Å². The maximum atomic E-state index is 10.5. The van der Waals surface area contributed by atoms with Gasteiger partial charge in [0, 0.05) is 17.1 Å². The Morgan fingerprint density at radius 3 is 2.81 bits per heavy atom. The monoisotopic (exact) mass is 233 g/mol. The smallest absolute Gasteiger partial charge is 0.258 e. The molecule has 16 heavy (non-hydrogen) atoms. The van der Waals surface area contributed by atoms with Crippen molar-refractivity contribution >= 4 is 28.5 Å². The number of hydrogen-bond donors (Lipinski definition) is 0. The van der Waals surface area contributed by atoms with Crippen LogP contribution in [0.5, 0.6) is 0 Å². The molecule has 0 saturated carbocycles. The highest BCUT2D eigenvalue weighted by Crippen LogP contribution is 2.25. The van der Waals surface area contributed by atoms with Crippen molar-refractivity contribution in [2.24, 2.45) is 0 Å². The van der Waals surface area contributed by atoms with Crippen LogP contribution in [0, 0.1) is 10.1 Å². The molecule has 2 rings (SSSR count). The third-order valence-electron chi connectivity index (χ3n) is 1.82. The van der Waals surface area contributed by atoms with Gasteiger partial charge in [-0.25, -0.2) is 9.97 Å². The molecule has 5 nitrogen and oxygen atoms in total. The third kappa shape index (κ3) is 2.48. The van der Waals surface area contributed by atoms with Crippen LogP contribution in [0.2, 0.25) is 0 Å². The summed E-state index contributed by atoms with van der Waals surface area (Å²) < 4.78 is 0. The number of thiophene rings is 1. The molecule has 0 aliphatic carbocycles. The first-order valence-corrected chi connectivity index (χ1v) is 5.26. The average Bonchev–Trinajstić information content (AvgIpc) is 2.76. The Labute approximate surface area is 95.3 Å². The van der Waals surface area contributed by atoms with Crippen LogP contribution in [0.1, 0.15) is 10.6 Å². The standard InChI is InChI=1S/C10H7N3O2S/c14-13(15)10-4-3-9(16-10)2-1-8-5-6-11-7-12-8/h1-7H. The molecule has 0 spiro atoms. The second-order valence-corrected chi connectivity index (χ2v) is 3.99. The van der Waals surface area contributed by atoms with Gasteiger partial charge in [0.15, 0.2) is 0 Å². The van der Waals surface area contributed by atoms with Crippen LogP contribution >= 0.6 is 11.3 Å². The molecule has 0 radical (unpaired) electrons. The van der Waals surface area contributed by atoms with Crippen LogP contribution in [0.25, 0.3) is 12.2 Å². The van der Waals surface area contributed by atoms with E-state index in [-0.39, 0.29) is 5.00 Å². The minimum atomic E-state index is -0.396. The van der Waals surface area contributed by atoms with Crippen molar-refractivity contribution in [3.05, 3.63) is 51.4 Å². The summed E-state index contributed by atoms with van der Waals surface area (Å²) in [5.74, 6) is 0. The molecule has 0 amide bonds. The van der Waals surface area contributed by atoms with E-state index in [1.165, 1.54) is 12.4 Å². The molecule has 0 saturated heterocycles. The summed E-state index contributed by atoms with van der Waals surface area (Å²) in [6, 6.07) is 4.96. The Kier molecular flexibility index (Phi) is 3.02. The van der Waals surface area contributed by atoms with E-state index in [2.05, 4.69) is 9.97 Å². The first-order valence-electron chi connectivity index (χ1n) is 4.44. The maximum Gasteiger partial charge on any atom is 0.324 e. The molecule has 6 heteroatoms. The fourth-order valence-corrected chi connectivity index (χ4v) is 1.82. The molecule has 2 aromatic rings. The molecule has 0 bridgehead atoms. The van der Waals surface area contributed by atoms with Crippen molar-refractivity contribution in [3.63, 3.8) is 0 Å². The van der Waals surface area contributed by atoms with Crippen LogP contribution in [0.4, 0.5) is 5.00 Å². The highest BCUT2D eigenvalue weighted by atomic mass is 32.1. The van der Waals surface area contributed by atoms with Crippen LogP contribution in [0.3, 0.4) is 0 Å². The largest absolute Gasteiger partial charge is 0.324 e. The highest BCUT2D eigenvalue weighted by Gasteiger charge is 2.07. The normalized spacial score (nSPS) is 10.8. The summed E-state index contributed by atoms with van der Waals surface area (Å²) in [5, 5.41) is 10.6. The van der Waals surface area contributed by atoms with Gasteiger partial charge in [0.25, 0.3) is 0 Å². The molecule has 0 aromatic carbocycles. The number of nitro groups is 1. The van der Waals surface area contributed by atoms with E-state index < -0.39 is 4.92 Å². The number of nitrogens with zero attached hydrogens (tertiary/aromatic N) is 3. The molecule has 0 aliphatic rings. The van der Waals surface area contributed by atoms with Crippen molar-refractivity contribution in [1.29, 1.82) is 0 Å². The first kappa shape index (κ1) is 10.4. The minimum Gasteiger partial charge on any atom is -0.258 e. The molecule has 0 N–H and O–H groups in total. The van der Waals surface area contributed by atoms with Gasteiger partial charge in [0.05, 0.1) is 10.6 Å². The summed E-state index contributed by atoms with van der Waals surface area (Å²) in [4.78, 5) is 18.7. The minimum absolute atomic E-state index is 0.141. The predicted octanol–water partition coefficient (Wildman–Crippen LogP) is 2.62. The van der Waals surface area contributed by atoms with Gasteiger partial charge in [-0.3, -0.25) is 10.1 Å². The lowest BCUT2D eigenvalue weighted by molar-refractivity contribution is -0.380. The number of rotatable bonds is 3. The second kappa shape index (κ2) is 4.63. The Bertz CT molecular complexity index is 522. The van der Waals surface area contributed by atoms with E-state index in [1.54, 1.807) is 30.5 Å². The fourth-order valence-electron chi connectivity index (χ4n) is 1.10. The summed E-state index contributed by atoms with van der Waals surface area (Å²) >= 11 is 1.13. The van der Waals surface area contributed by atoms with E-state index in [4.69, 9.17) is 0 Å². The number of hydrogen-bond acceptors (Lipinski definition) is 5. The van der Waals surface area contributed by atoms with E-state index in [0.717, 1.165) is 21.9 Å². The molecule has 2 aromatic heterocycles. The first-order chi connectivity index (χ1) is 7.75. The molecule has 80 valence electrons. The lowest BCUT2D eigenvalue weighted by atomic mass is 10.3. The average molecular weight is 233 g/mol. The quantitative estimate of drug-likeness (QED) is 0.603. The van der Waals surface area contributed by atoms with Gasteiger partial charge in [0.1, 0.15) is 6.33 Å². The van der Waals surface area contributed by atoms with Crippen LogP contribution in [-0.2, 0) is 0 Å². The van der Waals surface area contributed by atoms with Crippen molar-refractivity contribution in [1.82, 2.24) is 9.97 Å².